The Bertz CT molecular complexity index is 644. The minimum absolute atomic E-state index is 0.0995. The van der Waals surface area contributed by atoms with Gasteiger partial charge in [0.25, 0.3) is 0 Å². The highest BCUT2D eigenvalue weighted by molar-refractivity contribution is 5.79. The van der Waals surface area contributed by atoms with Gasteiger partial charge in [-0.05, 0) is 18.6 Å². The average molecular weight is 323 g/mol. The largest absolute Gasteiger partial charge is 0.462 e. The van der Waals surface area contributed by atoms with Crippen molar-refractivity contribution in [2.45, 2.75) is 25.4 Å². The molecule has 0 aliphatic heterocycles. The van der Waals surface area contributed by atoms with E-state index < -0.39 is 17.9 Å². The molecule has 0 saturated carbocycles. The summed E-state index contributed by atoms with van der Waals surface area (Å²) >= 11 is 0. The van der Waals surface area contributed by atoms with Gasteiger partial charge in [0, 0.05) is 19.8 Å². The molecule has 1 atom stereocenters. The van der Waals surface area contributed by atoms with Crippen molar-refractivity contribution in [1.29, 1.82) is 0 Å². The van der Waals surface area contributed by atoms with Crippen molar-refractivity contribution >= 4 is 5.97 Å². The van der Waals surface area contributed by atoms with E-state index in [9.17, 15) is 13.6 Å². The number of halogens is 2. The van der Waals surface area contributed by atoms with Gasteiger partial charge >= 0.3 is 11.9 Å². The lowest BCUT2D eigenvalue weighted by Crippen LogP contribution is -2.44. The Morgan fingerprint density at radius 3 is 2.61 bits per heavy atom. The molecule has 1 unspecified atom stereocenters. The molecule has 5 nitrogen and oxygen atoms in total. The Balaban J connectivity index is 2.25. The lowest BCUT2D eigenvalue weighted by atomic mass is 10.00. The third-order valence-electron chi connectivity index (χ3n) is 3.45. The van der Waals surface area contributed by atoms with Crippen LogP contribution in [0.4, 0.5) is 8.78 Å². The van der Waals surface area contributed by atoms with Crippen molar-refractivity contribution < 1.29 is 18.3 Å². The second-order valence-corrected chi connectivity index (χ2v) is 5.01. The molecule has 0 aliphatic rings. The van der Waals surface area contributed by atoms with Crippen LogP contribution in [-0.4, -0.2) is 28.3 Å². The van der Waals surface area contributed by atoms with Crippen molar-refractivity contribution in [3.8, 4) is 0 Å². The van der Waals surface area contributed by atoms with Gasteiger partial charge in [-0.2, -0.15) is 13.9 Å². The number of hydrogen-bond donors (Lipinski definition) is 1. The van der Waals surface area contributed by atoms with E-state index in [1.807, 2.05) is 0 Å². The normalized spacial score (nSPS) is 12.9. The molecule has 1 aromatic carbocycles. The van der Waals surface area contributed by atoms with E-state index in [0.29, 0.717) is 5.56 Å². The van der Waals surface area contributed by atoms with Crippen molar-refractivity contribution in [3.05, 3.63) is 53.9 Å². The molecule has 1 aromatic heterocycles. The van der Waals surface area contributed by atoms with Gasteiger partial charge in [0.1, 0.15) is 6.04 Å². The van der Waals surface area contributed by atoms with E-state index >= 15 is 0 Å². The molecule has 2 rings (SSSR count). The molecule has 23 heavy (non-hydrogen) atoms. The SMILES string of the molecule is CCOC(=O)C(F)(F)C(NCc1ccnn1C)c1ccccc1. The maximum Gasteiger partial charge on any atom is 0.379 e. The van der Waals surface area contributed by atoms with Gasteiger partial charge in [0.15, 0.2) is 0 Å². The maximum atomic E-state index is 14.5. The van der Waals surface area contributed by atoms with Crippen LogP contribution < -0.4 is 5.32 Å². The first kappa shape index (κ1) is 17.1. The number of alkyl halides is 2. The summed E-state index contributed by atoms with van der Waals surface area (Å²) in [7, 11) is 1.72. The summed E-state index contributed by atoms with van der Waals surface area (Å²) in [5, 5.41) is 6.74. The minimum Gasteiger partial charge on any atom is -0.462 e. The number of hydrogen-bond acceptors (Lipinski definition) is 4. The number of aromatic nitrogens is 2. The Labute approximate surface area is 133 Å². The topological polar surface area (TPSA) is 56.1 Å². The third kappa shape index (κ3) is 3.92. The summed E-state index contributed by atoms with van der Waals surface area (Å²) in [4.78, 5) is 11.7. The summed E-state index contributed by atoms with van der Waals surface area (Å²) in [6, 6.07) is 8.35. The number of benzene rings is 1. The quantitative estimate of drug-likeness (QED) is 0.795. The van der Waals surface area contributed by atoms with Crippen LogP contribution in [0.5, 0.6) is 0 Å². The number of esters is 1. The highest BCUT2D eigenvalue weighted by Crippen LogP contribution is 2.33. The Kier molecular flexibility index (Phi) is 5.44. The van der Waals surface area contributed by atoms with Crippen molar-refractivity contribution in [1.82, 2.24) is 15.1 Å². The zero-order valence-corrected chi connectivity index (χ0v) is 13.0. The fourth-order valence-electron chi connectivity index (χ4n) is 2.23. The average Bonchev–Trinajstić information content (AvgIpc) is 2.94. The van der Waals surface area contributed by atoms with E-state index in [0.717, 1.165) is 5.69 Å². The van der Waals surface area contributed by atoms with Crippen LogP contribution in [0.25, 0.3) is 0 Å². The van der Waals surface area contributed by atoms with E-state index in [-0.39, 0.29) is 13.2 Å². The number of aryl methyl sites for hydroxylation is 1. The van der Waals surface area contributed by atoms with E-state index in [2.05, 4.69) is 15.2 Å². The molecular formula is C16H19F2N3O2. The molecule has 124 valence electrons. The zero-order valence-electron chi connectivity index (χ0n) is 13.0. The summed E-state index contributed by atoms with van der Waals surface area (Å²) in [5.41, 5.74) is 1.04. The van der Waals surface area contributed by atoms with Gasteiger partial charge in [-0.3, -0.25) is 10.00 Å². The van der Waals surface area contributed by atoms with Crippen LogP contribution in [0.3, 0.4) is 0 Å². The molecule has 0 bridgehead atoms. The second kappa shape index (κ2) is 7.32. The Hall–Kier alpha value is -2.28. The van der Waals surface area contributed by atoms with Crippen LogP contribution in [-0.2, 0) is 23.1 Å². The highest BCUT2D eigenvalue weighted by atomic mass is 19.3. The van der Waals surface area contributed by atoms with E-state index in [1.165, 1.54) is 6.92 Å². The Morgan fingerprint density at radius 1 is 1.35 bits per heavy atom. The second-order valence-electron chi connectivity index (χ2n) is 5.01. The van der Waals surface area contributed by atoms with Crippen molar-refractivity contribution in [3.63, 3.8) is 0 Å². The number of nitrogens with one attached hydrogen (secondary N) is 1. The summed E-state index contributed by atoms with van der Waals surface area (Å²) < 4.78 is 35.2. The zero-order chi connectivity index (χ0) is 16.9. The summed E-state index contributed by atoms with van der Waals surface area (Å²) in [6.45, 7) is 1.54. The first-order chi connectivity index (χ1) is 11.0. The standard InChI is InChI=1S/C16H19F2N3O2/c1-3-23-15(22)16(17,18)14(12-7-5-4-6-8-12)19-11-13-9-10-20-21(13)2/h4-10,14,19H,3,11H2,1-2H3. The highest BCUT2D eigenvalue weighted by Gasteiger charge is 2.49. The van der Waals surface area contributed by atoms with Crippen LogP contribution in [0, 0.1) is 0 Å². The van der Waals surface area contributed by atoms with Crippen LogP contribution >= 0.6 is 0 Å². The molecule has 1 heterocycles. The first-order valence-electron chi connectivity index (χ1n) is 7.27. The third-order valence-corrected chi connectivity index (χ3v) is 3.45. The van der Waals surface area contributed by atoms with Crippen LogP contribution in [0.15, 0.2) is 42.6 Å². The number of carbonyl (C=O) groups is 1. The van der Waals surface area contributed by atoms with Gasteiger partial charge in [-0.25, -0.2) is 4.79 Å². The molecule has 0 saturated heterocycles. The number of rotatable bonds is 7. The first-order valence-corrected chi connectivity index (χ1v) is 7.27. The summed E-state index contributed by atoms with van der Waals surface area (Å²) in [5.74, 6) is -5.22. The predicted octanol–water partition coefficient (Wildman–Crippen LogP) is 2.45. The maximum absolute atomic E-state index is 14.5. The van der Waals surface area contributed by atoms with Crippen LogP contribution in [0.2, 0.25) is 0 Å². The van der Waals surface area contributed by atoms with Gasteiger partial charge in [0.2, 0.25) is 0 Å². The van der Waals surface area contributed by atoms with E-state index in [4.69, 9.17) is 0 Å². The smallest absolute Gasteiger partial charge is 0.379 e. The van der Waals surface area contributed by atoms with Crippen molar-refractivity contribution in [2.24, 2.45) is 7.05 Å². The monoisotopic (exact) mass is 323 g/mol. The minimum atomic E-state index is -3.68. The Morgan fingerprint density at radius 2 is 2.04 bits per heavy atom. The predicted molar refractivity (Wildman–Crippen MR) is 80.8 cm³/mol. The molecule has 7 heteroatoms. The number of ether oxygens (including phenoxy) is 1. The van der Waals surface area contributed by atoms with Gasteiger partial charge in [-0.1, -0.05) is 30.3 Å². The molecule has 0 radical (unpaired) electrons. The molecule has 0 amide bonds. The lowest BCUT2D eigenvalue weighted by molar-refractivity contribution is -0.176. The van der Waals surface area contributed by atoms with Crippen molar-refractivity contribution in [2.75, 3.05) is 6.61 Å². The molecule has 2 aromatic rings. The molecule has 1 N–H and O–H groups in total. The van der Waals surface area contributed by atoms with Gasteiger partial charge in [0.05, 0.1) is 12.3 Å². The van der Waals surface area contributed by atoms with Gasteiger partial charge in [-0.15, -0.1) is 0 Å². The van der Waals surface area contributed by atoms with E-state index in [1.54, 1.807) is 54.3 Å². The fourth-order valence-corrected chi connectivity index (χ4v) is 2.23. The molecule has 0 aliphatic carbocycles. The fraction of sp³-hybridized carbons (Fsp3) is 0.375. The molecule has 0 spiro atoms. The molecular weight excluding hydrogens is 304 g/mol. The van der Waals surface area contributed by atoms with Crippen LogP contribution in [0.1, 0.15) is 24.2 Å². The lowest BCUT2D eigenvalue weighted by Gasteiger charge is -2.26. The number of nitrogens with zero attached hydrogens (tertiary/aromatic N) is 2. The number of carbonyl (C=O) groups excluding carboxylic acids is 1. The van der Waals surface area contributed by atoms with Gasteiger partial charge < -0.3 is 4.74 Å². The molecule has 0 fully saturated rings. The summed E-state index contributed by atoms with van der Waals surface area (Å²) in [6.07, 6.45) is 1.58.